The second kappa shape index (κ2) is 7.35. The van der Waals surface area contributed by atoms with Gasteiger partial charge in [-0.15, -0.1) is 0 Å². The van der Waals surface area contributed by atoms with Crippen molar-refractivity contribution < 1.29 is 28.5 Å². The van der Waals surface area contributed by atoms with Crippen LogP contribution in [0.1, 0.15) is 16.7 Å². The Hall–Kier alpha value is -2.21. The van der Waals surface area contributed by atoms with E-state index < -0.39 is 15.7 Å². The van der Waals surface area contributed by atoms with Crippen LogP contribution in [0.15, 0.2) is 91.0 Å². The zero-order valence-corrected chi connectivity index (χ0v) is 14.1. The van der Waals surface area contributed by atoms with Gasteiger partial charge < -0.3 is 0 Å². The maximum absolute atomic E-state index is 11.2. The van der Waals surface area contributed by atoms with Gasteiger partial charge in [0, 0.05) is 0 Å². The molecule has 0 spiro atoms. The van der Waals surface area contributed by atoms with Crippen molar-refractivity contribution in [1.82, 2.24) is 0 Å². The smallest absolute Gasteiger partial charge is 0.183 e. The maximum atomic E-state index is 11.2. The molecule has 0 unspecified atom stereocenters. The maximum Gasteiger partial charge on any atom is 0.221 e. The van der Waals surface area contributed by atoms with E-state index in [4.69, 9.17) is 4.29 Å². The van der Waals surface area contributed by atoms with Crippen LogP contribution >= 0.6 is 0 Å². The van der Waals surface area contributed by atoms with Crippen molar-refractivity contribution in [3.8, 4) is 0 Å². The third-order valence-corrected chi connectivity index (χ3v) is 4.58. The van der Waals surface area contributed by atoms with Gasteiger partial charge in [0.1, 0.15) is 0 Å². The average molecular weight is 357 g/mol. The molecule has 128 valence electrons. The van der Waals surface area contributed by atoms with Crippen LogP contribution in [-0.2, 0) is 9.70 Å². The lowest BCUT2D eigenvalue weighted by Gasteiger charge is -2.33. The molecule has 5 heteroatoms. The first-order valence-corrected chi connectivity index (χ1v) is 8.98. The first-order valence-electron chi connectivity index (χ1n) is 7.74. The molecule has 0 heterocycles. The summed E-state index contributed by atoms with van der Waals surface area (Å²) in [5.74, 6) is 0. The van der Waals surface area contributed by atoms with E-state index in [1.54, 1.807) is 0 Å². The molecule has 0 fully saturated rings. The number of hydrogen-bond acceptors (Lipinski definition) is 4. The molecule has 0 bridgehead atoms. The first-order chi connectivity index (χ1) is 12.0. The van der Waals surface area contributed by atoms with Crippen molar-refractivity contribution in [3.05, 3.63) is 108 Å². The number of benzene rings is 3. The Morgan fingerprint density at radius 3 is 1.20 bits per heavy atom. The Morgan fingerprint density at radius 1 is 0.600 bits per heavy atom. The van der Waals surface area contributed by atoms with Crippen molar-refractivity contribution in [2.45, 2.75) is 5.41 Å². The van der Waals surface area contributed by atoms with E-state index in [1.807, 2.05) is 91.0 Å². The summed E-state index contributed by atoms with van der Waals surface area (Å²) < 4.78 is 38.2. The minimum atomic E-state index is -4.54. The molecule has 0 amide bonds. The van der Waals surface area contributed by atoms with Crippen molar-refractivity contribution in [2.75, 3.05) is 6.61 Å². The normalized spacial score (nSPS) is 12.1. The van der Waals surface area contributed by atoms with Crippen LogP contribution in [0.25, 0.3) is 0 Å². The fraction of sp³-hybridized carbons (Fsp3) is 0.100. The van der Waals surface area contributed by atoms with Crippen molar-refractivity contribution in [2.24, 2.45) is 0 Å². The van der Waals surface area contributed by atoms with Crippen LogP contribution in [0, 0.1) is 10.2 Å². The fourth-order valence-corrected chi connectivity index (χ4v) is 3.36. The molecule has 0 saturated carbocycles. The molecule has 0 atom stereocenters. The summed E-state index contributed by atoms with van der Waals surface area (Å²) in [5.41, 5.74) is 1.60. The minimum absolute atomic E-state index is 0.321. The van der Waals surface area contributed by atoms with Crippen molar-refractivity contribution in [1.29, 1.82) is 0 Å². The Labute approximate surface area is 148 Å². The van der Waals surface area contributed by atoms with E-state index in [1.165, 1.54) is 0 Å². The third kappa shape index (κ3) is 3.90. The molecule has 0 radical (unpaired) electrons. The lowest BCUT2D eigenvalue weighted by atomic mass is 9.70. The predicted octanol–water partition coefficient (Wildman–Crippen LogP) is 0.935. The molecule has 0 aromatic heterocycles. The second-order valence-corrected chi connectivity index (χ2v) is 6.61. The molecule has 3 aromatic carbocycles. The molecule has 3 rings (SSSR count). The van der Waals surface area contributed by atoms with Crippen LogP contribution in [0.4, 0.5) is 0 Å². The van der Waals surface area contributed by atoms with Gasteiger partial charge in [-0.25, -0.2) is 0 Å². The average Bonchev–Trinajstić information content (AvgIpc) is 2.64. The molecule has 25 heavy (non-hydrogen) atoms. The Bertz CT molecular complexity index is 690. The molecule has 0 N–H and O–H groups in total. The number of rotatable bonds is 6. The molecule has 0 aliphatic carbocycles. The topological polar surface area (TPSA) is 78.4 Å². The Kier molecular flexibility index (Phi) is 5.18. The van der Waals surface area contributed by atoms with E-state index in [0.29, 0.717) is 0 Å². The van der Waals surface area contributed by atoms with Gasteiger partial charge in [0.2, 0.25) is 6.61 Å². The van der Waals surface area contributed by atoms with Gasteiger partial charge in [0.25, 0.3) is 0 Å². The largest absolute Gasteiger partial charge is 0.221 e. The highest BCUT2D eigenvalue weighted by molar-refractivity contribution is 5.50. The molecule has 0 saturated heterocycles. The van der Waals surface area contributed by atoms with Gasteiger partial charge in [0.15, 0.2) is 0 Å². The van der Waals surface area contributed by atoms with Crippen molar-refractivity contribution >= 4 is 0 Å². The molecular weight excluding hydrogens is 340 g/mol. The number of halogens is 1. The van der Waals surface area contributed by atoms with Crippen LogP contribution in [0.5, 0.6) is 0 Å². The molecule has 0 aliphatic rings. The second-order valence-electron chi connectivity index (χ2n) is 5.63. The summed E-state index contributed by atoms with van der Waals surface area (Å²) in [5, 5.41) is 0. The molecule has 3 aromatic rings. The van der Waals surface area contributed by atoms with E-state index in [-0.39, 0.29) is 6.61 Å². The summed E-state index contributed by atoms with van der Waals surface area (Å²) in [6.07, 6.45) is 0. The van der Waals surface area contributed by atoms with E-state index >= 15 is 0 Å². The highest BCUT2D eigenvalue weighted by Crippen LogP contribution is 2.39. The monoisotopic (exact) mass is 356 g/mol. The minimum Gasteiger partial charge on any atom is -0.183 e. The van der Waals surface area contributed by atoms with Gasteiger partial charge in [-0.05, 0) is 16.7 Å². The van der Waals surface area contributed by atoms with Crippen LogP contribution < -0.4 is 14.0 Å². The van der Waals surface area contributed by atoms with E-state index in [2.05, 4.69) is 0 Å². The lowest BCUT2D eigenvalue weighted by molar-refractivity contribution is -1.92. The summed E-state index contributed by atoms with van der Waals surface area (Å²) in [4.78, 5) is 0. The predicted molar refractivity (Wildman–Crippen MR) is 85.2 cm³/mol. The Morgan fingerprint density at radius 2 is 0.920 bits per heavy atom. The zero-order chi connectivity index (χ0) is 17.8. The zero-order valence-electron chi connectivity index (χ0n) is 13.4. The Balaban J connectivity index is 2.24. The molecular formula is C20H17ClO4. The van der Waals surface area contributed by atoms with Crippen LogP contribution in [-0.4, -0.2) is 6.61 Å². The van der Waals surface area contributed by atoms with Gasteiger partial charge in [-0.2, -0.15) is 14.0 Å². The van der Waals surface area contributed by atoms with Crippen LogP contribution in [0.2, 0.25) is 0 Å². The summed E-state index contributed by atoms with van der Waals surface area (Å²) >= 11 is 0. The van der Waals surface area contributed by atoms with Gasteiger partial charge >= 0.3 is 0 Å². The quantitative estimate of drug-likeness (QED) is 0.616. The fourth-order valence-electron chi connectivity index (χ4n) is 3.07. The lowest BCUT2D eigenvalue weighted by Crippen LogP contribution is -2.62. The highest BCUT2D eigenvalue weighted by atomic mass is 35.7. The summed E-state index contributed by atoms with van der Waals surface area (Å²) in [6, 6.07) is 28.3. The van der Waals surface area contributed by atoms with Crippen LogP contribution in [0.3, 0.4) is 0 Å². The van der Waals surface area contributed by atoms with E-state index in [0.717, 1.165) is 16.7 Å². The molecule has 4 nitrogen and oxygen atoms in total. The van der Waals surface area contributed by atoms with Gasteiger partial charge in [-0.1, -0.05) is 91.0 Å². The van der Waals surface area contributed by atoms with Gasteiger partial charge in [-0.3, -0.25) is 0 Å². The summed E-state index contributed by atoms with van der Waals surface area (Å²) in [6.45, 7) is -0.321. The third-order valence-electron chi connectivity index (χ3n) is 4.20. The van der Waals surface area contributed by atoms with Gasteiger partial charge in [0.05, 0.1) is 19.9 Å². The first kappa shape index (κ1) is 17.6. The molecule has 0 aliphatic heterocycles. The van der Waals surface area contributed by atoms with Crippen molar-refractivity contribution in [3.63, 3.8) is 0 Å². The summed E-state index contributed by atoms with van der Waals surface area (Å²) in [7, 11) is -4.54. The van der Waals surface area contributed by atoms with E-state index in [9.17, 15) is 14.0 Å². The standard InChI is InChI=1S/C20H17ClO4/c22-21(23,24)25-16-20(17-10-4-1-5-11-17,18-12-6-2-7-13-18)19-14-8-3-9-15-19/h1-15H,16H2. The number of hydrogen-bond donors (Lipinski definition) is 0. The SMILES string of the molecule is [O-][Cl+3]([O-])([O-])OCC(c1ccccc1)(c1ccccc1)c1ccccc1. The highest BCUT2D eigenvalue weighted by Gasteiger charge is 2.42.